The molecule has 2 aliphatic rings. The lowest BCUT2D eigenvalue weighted by atomic mass is 10.0. The number of fused-ring (bicyclic) bond motifs is 11. The van der Waals surface area contributed by atoms with E-state index in [1.54, 1.807) is 10.4 Å². The zero-order chi connectivity index (χ0) is 39.6. The Bertz CT molecular complexity index is 3210. The summed E-state index contributed by atoms with van der Waals surface area (Å²) in [6.07, 6.45) is 0. The van der Waals surface area contributed by atoms with Crippen LogP contribution in [0, 0.1) is 0 Å². The summed E-state index contributed by atoms with van der Waals surface area (Å²) in [5.41, 5.74) is 5.90. The third kappa shape index (κ3) is 5.45. The Labute approximate surface area is 357 Å². The number of anilines is 3. The molecule has 60 heavy (non-hydrogen) atoms. The first kappa shape index (κ1) is 35.3. The minimum Gasteiger partial charge on any atom is -0.310 e. The van der Waals surface area contributed by atoms with E-state index in [1.807, 2.05) is 11.8 Å². The molecule has 0 bridgehead atoms. The molecule has 1 atom stereocenters. The Hall–Kier alpha value is -6.70. The summed E-state index contributed by atoms with van der Waals surface area (Å²) in [5, 5.41) is 15.7. The van der Waals surface area contributed by atoms with Gasteiger partial charge in [-0.25, -0.2) is 0 Å². The molecule has 0 aliphatic carbocycles. The summed E-state index contributed by atoms with van der Waals surface area (Å²) in [6.45, 7) is 0. The number of hydrogen-bond acceptors (Lipinski definition) is 2. The first-order valence-corrected chi connectivity index (χ1v) is 25.3. The van der Waals surface area contributed by atoms with Crippen LogP contribution in [-0.2, 0) is 0 Å². The quantitative estimate of drug-likeness (QED) is 0.126. The van der Waals surface area contributed by atoms with Crippen molar-refractivity contribution in [2.75, 3.05) is 4.90 Å². The first-order valence-electron chi connectivity index (χ1n) is 20.8. The highest BCUT2D eigenvalue weighted by Crippen LogP contribution is 2.39. The van der Waals surface area contributed by atoms with Crippen molar-refractivity contribution in [1.29, 1.82) is 0 Å². The molecule has 1 spiro atoms. The van der Waals surface area contributed by atoms with E-state index >= 15 is 0 Å². The molecule has 10 aromatic carbocycles. The van der Waals surface area contributed by atoms with Crippen molar-refractivity contribution in [3.8, 4) is 11.1 Å². The molecule has 0 saturated heterocycles. The zero-order valence-corrected chi connectivity index (χ0v) is 35.8. The van der Waals surface area contributed by atoms with Crippen molar-refractivity contribution in [2.45, 2.75) is 9.79 Å². The zero-order valence-electron chi connectivity index (χ0n) is 32.9. The number of hydrogen-bond donors (Lipinski definition) is 0. The smallest absolute Gasteiger partial charge is 0.181 e. The van der Waals surface area contributed by atoms with Gasteiger partial charge >= 0.3 is 0 Å². The van der Waals surface area contributed by atoms with Crippen LogP contribution in [-0.4, -0.2) is 16.9 Å². The average Bonchev–Trinajstić information content (AvgIpc) is 3.32. The number of benzene rings is 10. The minimum atomic E-state index is -2.85. The van der Waals surface area contributed by atoms with Gasteiger partial charge in [0.15, 0.2) is 8.07 Å². The lowest BCUT2D eigenvalue weighted by Gasteiger charge is -2.46. The molecular formula is C56H39NSSi2. The van der Waals surface area contributed by atoms with Crippen molar-refractivity contribution in [3.05, 3.63) is 231 Å². The molecule has 0 N–H and O–H groups in total. The predicted molar refractivity (Wildman–Crippen MR) is 262 cm³/mol. The van der Waals surface area contributed by atoms with E-state index in [9.17, 15) is 0 Å². The average molecular weight is 814 g/mol. The highest BCUT2D eigenvalue weighted by atomic mass is 32.2. The van der Waals surface area contributed by atoms with Gasteiger partial charge in [-0.3, -0.25) is 0 Å². The summed E-state index contributed by atoms with van der Waals surface area (Å²) in [7, 11) is -4.74. The van der Waals surface area contributed by atoms with E-state index in [0.29, 0.717) is 0 Å². The molecule has 0 amide bonds. The van der Waals surface area contributed by atoms with Gasteiger partial charge in [-0.15, -0.1) is 0 Å². The van der Waals surface area contributed by atoms with E-state index < -0.39 is 16.9 Å². The molecule has 10 aromatic rings. The van der Waals surface area contributed by atoms with Crippen molar-refractivity contribution >= 4 is 104 Å². The Balaban J connectivity index is 1.15. The highest BCUT2D eigenvalue weighted by molar-refractivity contribution is 8.00. The normalized spacial score (nSPS) is 14.6. The molecule has 0 aromatic heterocycles. The second-order valence-corrected chi connectivity index (χ2v) is 23.5. The van der Waals surface area contributed by atoms with Crippen molar-refractivity contribution in [1.82, 2.24) is 0 Å². The minimum absolute atomic E-state index is 1.14. The van der Waals surface area contributed by atoms with Crippen LogP contribution >= 0.6 is 11.8 Å². The summed E-state index contributed by atoms with van der Waals surface area (Å²) >= 11 is 1.94. The van der Waals surface area contributed by atoms with Crippen LogP contribution in [0.25, 0.3) is 32.7 Å². The van der Waals surface area contributed by atoms with Crippen LogP contribution in [0.4, 0.5) is 17.1 Å². The molecule has 4 heteroatoms. The first-order chi connectivity index (χ1) is 29.8. The molecule has 12 rings (SSSR count). The standard InChI is InChI=1S/C56H39NSSi2/c1-3-15-39(16-4-1)40-29-31-43(32-30-40)57(44-33-35-48-42(37-44)28-27-41-17-7-8-20-47(41)48)45-34-36-52-56(38-45)60(53-24-12-9-21-49(53)58-50-22-10-13-25-54(50)60)55-26-14-11-23-51(55)59(52)46-18-5-2-6-19-46/h1-38,59H. The monoisotopic (exact) mass is 813 g/mol. The SMILES string of the molecule is c1ccc(-c2ccc(N(c3ccc4c(c3)[Si]3(c5ccccc5Sc5ccccc53)c3ccccc3[SiH]4c3ccccc3)c3ccc4c(ccc5ccccc54)c3)cc2)cc1. The molecule has 0 saturated carbocycles. The highest BCUT2D eigenvalue weighted by Gasteiger charge is 2.53. The van der Waals surface area contributed by atoms with Crippen molar-refractivity contribution in [3.63, 3.8) is 0 Å². The van der Waals surface area contributed by atoms with Crippen molar-refractivity contribution in [2.24, 2.45) is 0 Å². The molecule has 0 fully saturated rings. The van der Waals surface area contributed by atoms with Gasteiger partial charge in [0.2, 0.25) is 0 Å². The summed E-state index contributed by atoms with van der Waals surface area (Å²) in [5.74, 6) is 0. The summed E-state index contributed by atoms with van der Waals surface area (Å²) < 4.78 is 0. The largest absolute Gasteiger partial charge is 0.310 e. The molecule has 2 aliphatic heterocycles. The van der Waals surface area contributed by atoms with Crippen LogP contribution < -0.4 is 41.2 Å². The Morgan fingerprint density at radius 1 is 0.350 bits per heavy atom. The predicted octanol–water partition coefficient (Wildman–Crippen LogP) is 9.53. The Morgan fingerprint density at radius 3 is 1.65 bits per heavy atom. The van der Waals surface area contributed by atoms with E-state index in [2.05, 4.69) is 235 Å². The van der Waals surface area contributed by atoms with Gasteiger partial charge < -0.3 is 4.90 Å². The Kier molecular flexibility index (Phi) is 8.37. The summed E-state index contributed by atoms with van der Waals surface area (Å²) in [4.78, 5) is 5.26. The Morgan fingerprint density at radius 2 is 0.883 bits per heavy atom. The van der Waals surface area contributed by atoms with Gasteiger partial charge in [-0.2, -0.15) is 0 Å². The van der Waals surface area contributed by atoms with Crippen LogP contribution in [0.5, 0.6) is 0 Å². The van der Waals surface area contributed by atoms with Crippen LogP contribution in [0.3, 0.4) is 0 Å². The van der Waals surface area contributed by atoms with Crippen LogP contribution in [0.1, 0.15) is 0 Å². The second-order valence-electron chi connectivity index (χ2n) is 16.0. The lowest BCUT2D eigenvalue weighted by molar-refractivity contribution is 1.29. The molecule has 282 valence electrons. The second kappa shape index (κ2) is 14.2. The van der Waals surface area contributed by atoms with Gasteiger partial charge in [0.05, 0.1) is 0 Å². The number of nitrogens with zero attached hydrogens (tertiary/aromatic N) is 1. The number of rotatable bonds is 5. The van der Waals surface area contributed by atoms with E-state index in [0.717, 1.165) is 11.4 Å². The third-order valence-corrected chi connectivity index (χ3v) is 23.2. The third-order valence-electron chi connectivity index (χ3n) is 12.8. The van der Waals surface area contributed by atoms with Gasteiger partial charge in [0, 0.05) is 26.9 Å². The molecule has 2 heterocycles. The molecular weight excluding hydrogens is 775 g/mol. The topological polar surface area (TPSA) is 3.24 Å². The van der Waals surface area contributed by atoms with Gasteiger partial charge in [0.25, 0.3) is 0 Å². The maximum absolute atomic E-state index is 2.85. The van der Waals surface area contributed by atoms with E-state index in [4.69, 9.17) is 0 Å². The van der Waals surface area contributed by atoms with E-state index in [1.165, 1.54) is 74.1 Å². The molecule has 1 nitrogen and oxygen atoms in total. The van der Waals surface area contributed by atoms with Gasteiger partial charge in [0.1, 0.15) is 8.80 Å². The maximum atomic E-state index is 2.62. The van der Waals surface area contributed by atoms with Crippen molar-refractivity contribution < 1.29 is 0 Å². The maximum Gasteiger partial charge on any atom is 0.181 e. The van der Waals surface area contributed by atoms with Crippen LogP contribution in [0.2, 0.25) is 0 Å². The van der Waals surface area contributed by atoms with Gasteiger partial charge in [-0.05, 0) is 102 Å². The molecule has 0 radical (unpaired) electrons. The summed E-state index contributed by atoms with van der Waals surface area (Å²) in [6, 6.07) is 87.3. The lowest BCUT2D eigenvalue weighted by Crippen LogP contribution is -2.87. The molecule has 1 unspecified atom stereocenters. The fraction of sp³-hybridized carbons (Fsp3) is 0. The van der Waals surface area contributed by atoms with Gasteiger partial charge in [-0.1, -0.05) is 209 Å². The fourth-order valence-electron chi connectivity index (χ4n) is 10.3. The fourth-order valence-corrected chi connectivity index (χ4v) is 22.7. The van der Waals surface area contributed by atoms with Crippen LogP contribution in [0.15, 0.2) is 240 Å². The van der Waals surface area contributed by atoms with E-state index in [-0.39, 0.29) is 0 Å².